The Kier molecular flexibility index (Phi) is 4.04. The molecule has 1 aromatic rings. The molecule has 2 heterocycles. The number of nitrogens with one attached hydrogen (secondary N) is 1. The lowest BCUT2D eigenvalue weighted by atomic mass is 9.96. The molecule has 0 aromatic carbocycles. The molecule has 0 radical (unpaired) electrons. The number of H-pyrrole nitrogens is 1. The van der Waals surface area contributed by atoms with Crippen LogP contribution >= 0.6 is 0 Å². The number of rotatable bonds is 3. The van der Waals surface area contributed by atoms with Gasteiger partial charge in [-0.1, -0.05) is 0 Å². The van der Waals surface area contributed by atoms with Crippen LogP contribution in [-0.2, 0) is 6.54 Å². The molecule has 0 saturated carbocycles. The Labute approximate surface area is 108 Å². The van der Waals surface area contributed by atoms with Crippen molar-refractivity contribution in [1.29, 1.82) is 0 Å². The van der Waals surface area contributed by atoms with Crippen LogP contribution in [0, 0.1) is 13.8 Å². The van der Waals surface area contributed by atoms with E-state index in [1.165, 1.54) is 5.56 Å². The van der Waals surface area contributed by atoms with Crippen LogP contribution in [0.2, 0.25) is 0 Å². The molecule has 1 fully saturated rings. The van der Waals surface area contributed by atoms with Crippen molar-refractivity contribution < 1.29 is 10.2 Å². The summed E-state index contributed by atoms with van der Waals surface area (Å²) in [5.74, 6) is 0. The number of aromatic amines is 1. The van der Waals surface area contributed by atoms with Crippen LogP contribution in [0.3, 0.4) is 0 Å². The maximum absolute atomic E-state index is 10.1. The summed E-state index contributed by atoms with van der Waals surface area (Å²) in [4.78, 5) is 2.33. The Morgan fingerprint density at radius 3 is 2.72 bits per heavy atom. The minimum absolute atomic E-state index is 0.134. The van der Waals surface area contributed by atoms with Crippen molar-refractivity contribution in [1.82, 2.24) is 15.1 Å². The van der Waals surface area contributed by atoms with Gasteiger partial charge in [0.1, 0.15) is 0 Å². The van der Waals surface area contributed by atoms with E-state index in [-0.39, 0.29) is 6.61 Å². The molecule has 0 amide bonds. The van der Waals surface area contributed by atoms with Crippen molar-refractivity contribution in [2.45, 2.75) is 45.3 Å². The fourth-order valence-electron chi connectivity index (χ4n) is 2.58. The van der Waals surface area contributed by atoms with Crippen LogP contribution in [0.15, 0.2) is 0 Å². The molecule has 0 unspecified atom stereocenters. The van der Waals surface area contributed by atoms with E-state index < -0.39 is 5.60 Å². The van der Waals surface area contributed by atoms with E-state index in [0.29, 0.717) is 12.8 Å². The van der Waals surface area contributed by atoms with Crippen molar-refractivity contribution >= 4 is 0 Å². The summed E-state index contributed by atoms with van der Waals surface area (Å²) in [6.07, 6.45) is 2.25. The van der Waals surface area contributed by atoms with Gasteiger partial charge < -0.3 is 10.2 Å². The number of hydrogen-bond acceptors (Lipinski definition) is 4. The smallest absolute Gasteiger partial charge is 0.0890 e. The first-order valence-corrected chi connectivity index (χ1v) is 6.60. The van der Waals surface area contributed by atoms with E-state index in [1.807, 2.05) is 13.8 Å². The summed E-state index contributed by atoms with van der Waals surface area (Å²) in [7, 11) is 0. The SMILES string of the molecule is Cc1n[nH]c(C)c1CN1CCC[C@](O)(CO)CC1. The number of aromatic nitrogens is 2. The molecule has 0 aliphatic carbocycles. The molecular weight excluding hydrogens is 230 g/mol. The van der Waals surface area contributed by atoms with E-state index in [4.69, 9.17) is 0 Å². The number of aliphatic hydroxyl groups excluding tert-OH is 1. The molecule has 1 aromatic heterocycles. The van der Waals surface area contributed by atoms with Crippen LogP contribution in [0.1, 0.15) is 36.2 Å². The van der Waals surface area contributed by atoms with Gasteiger partial charge in [0, 0.05) is 24.3 Å². The molecule has 18 heavy (non-hydrogen) atoms. The minimum Gasteiger partial charge on any atom is -0.393 e. The van der Waals surface area contributed by atoms with Crippen molar-refractivity contribution in [3.05, 3.63) is 17.0 Å². The second kappa shape index (κ2) is 5.38. The molecule has 2 rings (SSSR count). The van der Waals surface area contributed by atoms with Crippen LogP contribution in [0.4, 0.5) is 0 Å². The quantitative estimate of drug-likeness (QED) is 0.743. The second-order valence-corrected chi connectivity index (χ2v) is 5.42. The Morgan fingerprint density at radius 1 is 1.33 bits per heavy atom. The van der Waals surface area contributed by atoms with Gasteiger partial charge >= 0.3 is 0 Å². The summed E-state index contributed by atoms with van der Waals surface area (Å²) < 4.78 is 0. The normalized spacial score (nSPS) is 26.2. The van der Waals surface area contributed by atoms with Gasteiger partial charge in [0.2, 0.25) is 0 Å². The molecule has 102 valence electrons. The zero-order valence-electron chi connectivity index (χ0n) is 11.2. The topological polar surface area (TPSA) is 72.4 Å². The van der Waals surface area contributed by atoms with Gasteiger partial charge in [0.05, 0.1) is 17.9 Å². The van der Waals surface area contributed by atoms with Crippen molar-refractivity contribution in [3.8, 4) is 0 Å². The number of nitrogens with zero attached hydrogens (tertiary/aromatic N) is 2. The predicted molar refractivity (Wildman–Crippen MR) is 69.2 cm³/mol. The fraction of sp³-hybridized carbons (Fsp3) is 0.769. The van der Waals surface area contributed by atoms with Gasteiger partial charge in [-0.3, -0.25) is 10.00 Å². The number of aliphatic hydroxyl groups is 2. The fourth-order valence-corrected chi connectivity index (χ4v) is 2.58. The molecule has 3 N–H and O–H groups in total. The molecule has 0 spiro atoms. The molecule has 1 aliphatic rings. The first kappa shape index (κ1) is 13.5. The summed E-state index contributed by atoms with van der Waals surface area (Å²) in [5.41, 5.74) is 2.54. The van der Waals surface area contributed by atoms with Gasteiger partial charge in [0.15, 0.2) is 0 Å². The first-order chi connectivity index (χ1) is 8.54. The van der Waals surface area contributed by atoms with Crippen molar-refractivity contribution in [3.63, 3.8) is 0 Å². The molecule has 5 nitrogen and oxygen atoms in total. The van der Waals surface area contributed by atoms with E-state index in [2.05, 4.69) is 15.1 Å². The molecule has 1 aliphatic heterocycles. The number of aryl methyl sites for hydroxylation is 2. The molecule has 1 atom stereocenters. The van der Waals surface area contributed by atoms with Gasteiger partial charge in [-0.25, -0.2) is 0 Å². The third kappa shape index (κ3) is 2.91. The molecule has 5 heteroatoms. The lowest BCUT2D eigenvalue weighted by Gasteiger charge is -2.24. The monoisotopic (exact) mass is 253 g/mol. The molecule has 1 saturated heterocycles. The predicted octanol–water partition coefficient (Wildman–Crippen LogP) is 0.736. The van der Waals surface area contributed by atoms with E-state index in [1.54, 1.807) is 0 Å². The standard InChI is InChI=1S/C13H23N3O2/c1-10-12(11(2)15-14-10)8-16-6-3-4-13(18,9-17)5-7-16/h17-18H,3-9H2,1-2H3,(H,14,15)/t13-/m1/s1. The van der Waals surface area contributed by atoms with Crippen molar-refractivity contribution in [2.75, 3.05) is 19.7 Å². The van der Waals surface area contributed by atoms with Gasteiger partial charge in [-0.15, -0.1) is 0 Å². The third-order valence-corrected chi connectivity index (χ3v) is 3.97. The highest BCUT2D eigenvalue weighted by Gasteiger charge is 2.29. The lowest BCUT2D eigenvalue weighted by Crippen LogP contribution is -2.34. The van der Waals surface area contributed by atoms with Crippen LogP contribution in [-0.4, -0.2) is 50.6 Å². The Hall–Kier alpha value is -0.910. The van der Waals surface area contributed by atoms with Gasteiger partial charge in [0.25, 0.3) is 0 Å². The third-order valence-electron chi connectivity index (χ3n) is 3.97. The highest BCUT2D eigenvalue weighted by Crippen LogP contribution is 2.23. The average molecular weight is 253 g/mol. The van der Waals surface area contributed by atoms with Crippen molar-refractivity contribution in [2.24, 2.45) is 0 Å². The van der Waals surface area contributed by atoms with Crippen LogP contribution in [0.25, 0.3) is 0 Å². The van der Waals surface area contributed by atoms with E-state index >= 15 is 0 Å². The average Bonchev–Trinajstić information content (AvgIpc) is 2.57. The van der Waals surface area contributed by atoms with Crippen LogP contribution < -0.4 is 0 Å². The van der Waals surface area contributed by atoms with E-state index in [0.717, 1.165) is 37.4 Å². The molecule has 0 bridgehead atoms. The highest BCUT2D eigenvalue weighted by atomic mass is 16.3. The second-order valence-electron chi connectivity index (χ2n) is 5.42. The van der Waals surface area contributed by atoms with Gasteiger partial charge in [-0.2, -0.15) is 5.10 Å². The van der Waals surface area contributed by atoms with E-state index in [9.17, 15) is 10.2 Å². The van der Waals surface area contributed by atoms with Gasteiger partial charge in [-0.05, 0) is 39.7 Å². The highest BCUT2D eigenvalue weighted by molar-refractivity contribution is 5.22. The molecular formula is C13H23N3O2. The zero-order valence-corrected chi connectivity index (χ0v) is 11.2. The number of likely N-dealkylation sites (tertiary alicyclic amines) is 1. The Morgan fingerprint density at radius 2 is 2.11 bits per heavy atom. The van der Waals surface area contributed by atoms with Crippen LogP contribution in [0.5, 0.6) is 0 Å². The summed E-state index contributed by atoms with van der Waals surface area (Å²) in [6, 6.07) is 0. The summed E-state index contributed by atoms with van der Waals surface area (Å²) >= 11 is 0. The Bertz CT molecular complexity index is 385. The first-order valence-electron chi connectivity index (χ1n) is 6.60. The lowest BCUT2D eigenvalue weighted by molar-refractivity contribution is -0.0255. The summed E-state index contributed by atoms with van der Waals surface area (Å²) in [5, 5.41) is 26.6. The maximum atomic E-state index is 10.1. The summed E-state index contributed by atoms with van der Waals surface area (Å²) in [6.45, 7) is 6.58. The zero-order chi connectivity index (χ0) is 13.2. The Balaban J connectivity index is 1.99. The number of hydrogen-bond donors (Lipinski definition) is 3. The largest absolute Gasteiger partial charge is 0.393 e. The minimum atomic E-state index is -0.880. The maximum Gasteiger partial charge on any atom is 0.0890 e.